The summed E-state index contributed by atoms with van der Waals surface area (Å²) in [5.41, 5.74) is 4.98. The third kappa shape index (κ3) is 4.95. The van der Waals surface area contributed by atoms with Gasteiger partial charge in [-0.1, -0.05) is 11.6 Å². The second-order valence-corrected chi connectivity index (χ2v) is 8.75. The maximum atomic E-state index is 12.6. The molecule has 0 atom stereocenters. The highest BCUT2D eigenvalue weighted by Gasteiger charge is 2.32. The first kappa shape index (κ1) is 18.7. The van der Waals surface area contributed by atoms with Crippen LogP contribution >= 0.6 is 11.6 Å². The van der Waals surface area contributed by atoms with E-state index in [0.717, 1.165) is 0 Å². The predicted octanol–water partition coefficient (Wildman–Crippen LogP) is 1.66. The first-order valence-electron chi connectivity index (χ1n) is 7.83. The van der Waals surface area contributed by atoms with Crippen LogP contribution in [0, 0.1) is 5.92 Å². The Labute approximate surface area is 146 Å². The van der Waals surface area contributed by atoms with Gasteiger partial charge in [-0.05, 0) is 55.9 Å². The number of nitrogens with two attached hydrogens (primary N) is 1. The summed E-state index contributed by atoms with van der Waals surface area (Å²) in [5.74, 6) is -0.673. The monoisotopic (exact) mass is 372 g/mol. The van der Waals surface area contributed by atoms with Crippen LogP contribution in [0.1, 0.15) is 32.1 Å². The predicted molar refractivity (Wildman–Crippen MR) is 91.2 cm³/mol. The smallest absolute Gasteiger partial charge is 0.236 e. The summed E-state index contributed by atoms with van der Waals surface area (Å²) in [7, 11) is -3.37. The van der Waals surface area contributed by atoms with E-state index in [9.17, 15) is 18.0 Å². The zero-order valence-corrected chi connectivity index (χ0v) is 14.8. The van der Waals surface area contributed by atoms with E-state index < -0.39 is 21.0 Å². The van der Waals surface area contributed by atoms with E-state index in [2.05, 4.69) is 5.32 Å². The molecule has 0 radical (unpaired) electrons. The van der Waals surface area contributed by atoms with Gasteiger partial charge in [0.2, 0.25) is 11.8 Å². The maximum Gasteiger partial charge on any atom is 0.236 e. The van der Waals surface area contributed by atoms with E-state index in [1.807, 2.05) is 0 Å². The molecule has 3 N–H and O–H groups in total. The topological polar surface area (TPSA) is 106 Å². The fourth-order valence-corrected chi connectivity index (χ4v) is 4.90. The summed E-state index contributed by atoms with van der Waals surface area (Å²) in [6.45, 7) is -0.168. The normalized spacial score (nSPS) is 21.2. The van der Waals surface area contributed by atoms with Gasteiger partial charge in [0.1, 0.15) is 0 Å². The number of amides is 2. The van der Waals surface area contributed by atoms with E-state index in [0.29, 0.717) is 37.1 Å². The molecule has 132 valence electrons. The second kappa shape index (κ2) is 7.98. The Morgan fingerprint density at radius 1 is 1.12 bits per heavy atom. The molecule has 1 fully saturated rings. The molecule has 2 rings (SSSR count). The number of primary amides is 1. The Balaban J connectivity index is 1.89. The molecule has 0 spiro atoms. The van der Waals surface area contributed by atoms with Crippen molar-refractivity contribution >= 4 is 33.3 Å². The SMILES string of the molecule is NC(=O)CNC(=O)CC1CCC(S(=O)(=O)c2ccc(Cl)cc2)CC1. The van der Waals surface area contributed by atoms with Crippen LogP contribution in [0.4, 0.5) is 0 Å². The lowest BCUT2D eigenvalue weighted by Crippen LogP contribution is -2.35. The fourth-order valence-electron chi connectivity index (χ4n) is 2.98. The van der Waals surface area contributed by atoms with E-state index in [1.165, 1.54) is 12.1 Å². The van der Waals surface area contributed by atoms with Crippen molar-refractivity contribution in [2.75, 3.05) is 6.54 Å². The van der Waals surface area contributed by atoms with Crippen molar-refractivity contribution in [3.8, 4) is 0 Å². The van der Waals surface area contributed by atoms with Crippen molar-refractivity contribution in [3.05, 3.63) is 29.3 Å². The molecule has 6 nitrogen and oxygen atoms in total. The van der Waals surface area contributed by atoms with Crippen LogP contribution in [-0.4, -0.2) is 32.0 Å². The molecule has 1 aliphatic carbocycles. The molecule has 0 bridgehead atoms. The molecule has 0 heterocycles. The van der Waals surface area contributed by atoms with Crippen LogP contribution in [0.2, 0.25) is 5.02 Å². The van der Waals surface area contributed by atoms with Gasteiger partial charge in [-0.2, -0.15) is 0 Å². The largest absolute Gasteiger partial charge is 0.368 e. The zero-order valence-electron chi connectivity index (χ0n) is 13.2. The van der Waals surface area contributed by atoms with Crippen molar-refractivity contribution in [1.82, 2.24) is 5.32 Å². The van der Waals surface area contributed by atoms with Crippen LogP contribution < -0.4 is 11.1 Å². The van der Waals surface area contributed by atoms with E-state index in [4.69, 9.17) is 17.3 Å². The highest BCUT2D eigenvalue weighted by molar-refractivity contribution is 7.92. The van der Waals surface area contributed by atoms with Crippen molar-refractivity contribution in [2.45, 2.75) is 42.2 Å². The number of hydrogen-bond donors (Lipinski definition) is 2. The van der Waals surface area contributed by atoms with Crippen molar-refractivity contribution in [3.63, 3.8) is 0 Å². The number of hydrogen-bond acceptors (Lipinski definition) is 4. The first-order chi connectivity index (χ1) is 11.3. The van der Waals surface area contributed by atoms with Gasteiger partial charge in [0.05, 0.1) is 16.7 Å². The molecule has 2 amide bonds. The molecular formula is C16H21ClN2O4S. The van der Waals surface area contributed by atoms with Crippen LogP contribution in [0.15, 0.2) is 29.2 Å². The van der Waals surface area contributed by atoms with Crippen LogP contribution in [0.25, 0.3) is 0 Å². The maximum absolute atomic E-state index is 12.6. The fraction of sp³-hybridized carbons (Fsp3) is 0.500. The third-order valence-corrected chi connectivity index (χ3v) is 6.84. The Hall–Kier alpha value is -1.60. The van der Waals surface area contributed by atoms with Crippen molar-refractivity contribution < 1.29 is 18.0 Å². The molecule has 0 aliphatic heterocycles. The van der Waals surface area contributed by atoms with Gasteiger partial charge in [0.25, 0.3) is 0 Å². The van der Waals surface area contributed by atoms with Gasteiger partial charge in [0.15, 0.2) is 9.84 Å². The Morgan fingerprint density at radius 3 is 2.25 bits per heavy atom. The van der Waals surface area contributed by atoms with E-state index in [-0.39, 0.29) is 23.3 Å². The van der Waals surface area contributed by atoms with Crippen LogP contribution in [0.3, 0.4) is 0 Å². The summed E-state index contributed by atoms with van der Waals surface area (Å²) in [4.78, 5) is 22.6. The van der Waals surface area contributed by atoms with Gasteiger partial charge in [0, 0.05) is 11.4 Å². The minimum Gasteiger partial charge on any atom is -0.368 e. The van der Waals surface area contributed by atoms with Gasteiger partial charge < -0.3 is 11.1 Å². The number of carbonyl (C=O) groups excluding carboxylic acids is 2. The molecule has 1 aromatic rings. The average molecular weight is 373 g/mol. The van der Waals surface area contributed by atoms with Gasteiger partial charge in [-0.25, -0.2) is 8.42 Å². The third-order valence-electron chi connectivity index (χ3n) is 4.31. The second-order valence-electron chi connectivity index (χ2n) is 6.09. The first-order valence-corrected chi connectivity index (χ1v) is 9.76. The quantitative estimate of drug-likeness (QED) is 0.791. The zero-order chi connectivity index (χ0) is 17.7. The number of sulfone groups is 1. The van der Waals surface area contributed by atoms with Gasteiger partial charge >= 0.3 is 0 Å². The highest BCUT2D eigenvalue weighted by Crippen LogP contribution is 2.33. The molecule has 0 aromatic heterocycles. The van der Waals surface area contributed by atoms with E-state index in [1.54, 1.807) is 12.1 Å². The molecule has 8 heteroatoms. The highest BCUT2D eigenvalue weighted by atomic mass is 35.5. The summed E-state index contributed by atoms with van der Waals surface area (Å²) in [5, 5.41) is 2.53. The lowest BCUT2D eigenvalue weighted by Gasteiger charge is -2.28. The number of carbonyl (C=O) groups is 2. The number of nitrogens with one attached hydrogen (secondary N) is 1. The molecule has 1 aromatic carbocycles. The van der Waals surface area contributed by atoms with Crippen molar-refractivity contribution in [1.29, 1.82) is 0 Å². The van der Waals surface area contributed by atoms with Crippen LogP contribution in [0.5, 0.6) is 0 Å². The standard InChI is InChI=1S/C16H21ClN2O4S/c17-12-3-7-14(8-4-12)24(22,23)13-5-1-11(2-6-13)9-16(21)19-10-15(18)20/h3-4,7-8,11,13H,1-2,5-6,9-10H2,(H2,18,20)(H,19,21). The molecule has 24 heavy (non-hydrogen) atoms. The van der Waals surface area contributed by atoms with Crippen molar-refractivity contribution in [2.24, 2.45) is 11.7 Å². The Bertz CT molecular complexity index is 695. The van der Waals surface area contributed by atoms with E-state index >= 15 is 0 Å². The molecule has 1 saturated carbocycles. The summed E-state index contributed by atoms with van der Waals surface area (Å²) in [6, 6.07) is 6.20. The number of halogens is 1. The van der Waals surface area contributed by atoms with Crippen LogP contribution in [-0.2, 0) is 19.4 Å². The van der Waals surface area contributed by atoms with Gasteiger partial charge in [-0.15, -0.1) is 0 Å². The lowest BCUT2D eigenvalue weighted by atomic mass is 9.86. The summed E-state index contributed by atoms with van der Waals surface area (Å²) >= 11 is 5.80. The van der Waals surface area contributed by atoms with Gasteiger partial charge in [-0.3, -0.25) is 9.59 Å². The summed E-state index contributed by atoms with van der Waals surface area (Å²) in [6.07, 6.45) is 2.68. The molecule has 0 unspecified atom stereocenters. The minimum atomic E-state index is -3.37. The molecule has 0 saturated heterocycles. The molecular weight excluding hydrogens is 352 g/mol. The Morgan fingerprint density at radius 2 is 1.71 bits per heavy atom. The minimum absolute atomic E-state index is 0.134. The lowest BCUT2D eigenvalue weighted by molar-refractivity contribution is -0.125. The number of rotatable bonds is 6. The number of benzene rings is 1. The Kier molecular flexibility index (Phi) is 6.23. The average Bonchev–Trinajstić information content (AvgIpc) is 2.54. The molecule has 1 aliphatic rings. The summed E-state index contributed by atoms with van der Waals surface area (Å²) < 4.78 is 25.3.